The number of nitrogens with one attached hydrogen (secondary N) is 2. The average molecular weight is 570 g/mol. The number of rotatable bonds is 7. The van der Waals surface area contributed by atoms with Gasteiger partial charge in [0.1, 0.15) is 17.7 Å². The van der Waals surface area contributed by atoms with Crippen LogP contribution >= 0.6 is 0 Å². The van der Waals surface area contributed by atoms with E-state index in [0.717, 1.165) is 40.9 Å². The van der Waals surface area contributed by atoms with E-state index in [0.29, 0.717) is 13.8 Å². The molecular weight excluding hydrogens is 546 g/mol. The molecule has 0 saturated heterocycles. The number of anilines is 2. The number of halogens is 4. The Morgan fingerprint density at radius 1 is 1.11 bits per heavy atom. The van der Waals surface area contributed by atoms with Crippen LogP contribution in [0.15, 0.2) is 47.4 Å². The molecule has 1 aliphatic rings. The largest absolute Gasteiger partial charge is 0.485 e. The Hall–Kier alpha value is -3.11. The van der Waals surface area contributed by atoms with Crippen molar-refractivity contribution in [3.05, 3.63) is 48.3 Å². The molecule has 2 aromatic carbocycles. The minimum absolute atomic E-state index is 0.0215. The van der Waals surface area contributed by atoms with Gasteiger partial charge in [0.25, 0.3) is 10.0 Å². The summed E-state index contributed by atoms with van der Waals surface area (Å²) in [6, 6.07) is 7.55. The van der Waals surface area contributed by atoms with Crippen LogP contribution in [0.3, 0.4) is 0 Å². The number of alkyl halides is 3. The van der Waals surface area contributed by atoms with Crippen LogP contribution in [0.4, 0.5) is 33.7 Å². The molecule has 37 heavy (non-hydrogen) atoms. The third-order valence-electron chi connectivity index (χ3n) is 5.14. The minimum Gasteiger partial charge on any atom is -0.485 e. The van der Waals surface area contributed by atoms with E-state index < -0.39 is 49.8 Å². The molecule has 2 aromatic rings. The molecular formula is C21H23F4N3O7S2. The Labute approximate surface area is 210 Å². The predicted molar refractivity (Wildman–Crippen MR) is 125 cm³/mol. The molecule has 0 spiro atoms. The van der Waals surface area contributed by atoms with Crippen molar-refractivity contribution in [1.29, 1.82) is 0 Å². The summed E-state index contributed by atoms with van der Waals surface area (Å²) in [6.45, 7) is 0.653. The summed E-state index contributed by atoms with van der Waals surface area (Å²) in [5.41, 5.74) is -3.02. The molecule has 1 atom stereocenters. The molecule has 3 rings (SSSR count). The summed E-state index contributed by atoms with van der Waals surface area (Å²) in [6.07, 6.45) is -6.35. The maximum Gasteiger partial charge on any atom is 0.427 e. The lowest BCUT2D eigenvalue weighted by Gasteiger charge is -2.35. The van der Waals surface area contributed by atoms with Crippen LogP contribution in [0, 0.1) is 5.82 Å². The number of hydrogen-bond acceptors (Lipinski definition) is 7. The molecule has 1 aliphatic heterocycles. The first kappa shape index (κ1) is 28.5. The van der Waals surface area contributed by atoms with Crippen molar-refractivity contribution in [3.63, 3.8) is 0 Å². The smallest absolute Gasteiger partial charge is 0.427 e. The number of carbonyl (C=O) groups excluding carboxylic acids is 1. The van der Waals surface area contributed by atoms with Gasteiger partial charge in [-0.15, -0.1) is 0 Å². The van der Waals surface area contributed by atoms with Crippen LogP contribution in [0.5, 0.6) is 5.75 Å². The fourth-order valence-corrected chi connectivity index (χ4v) is 5.12. The second-order valence-corrected chi connectivity index (χ2v) is 12.3. The van der Waals surface area contributed by atoms with E-state index in [1.165, 1.54) is 12.1 Å². The summed E-state index contributed by atoms with van der Waals surface area (Å²) < 4.78 is 116. The topological polar surface area (TPSA) is 131 Å². The van der Waals surface area contributed by atoms with E-state index in [-0.39, 0.29) is 35.1 Å². The van der Waals surface area contributed by atoms with Crippen molar-refractivity contribution < 1.29 is 48.7 Å². The van der Waals surface area contributed by atoms with Crippen molar-refractivity contribution >= 4 is 37.5 Å². The van der Waals surface area contributed by atoms with Gasteiger partial charge in [-0.25, -0.2) is 30.7 Å². The summed E-state index contributed by atoms with van der Waals surface area (Å²) in [4.78, 5) is 11.8. The molecule has 1 unspecified atom stereocenters. The zero-order valence-corrected chi connectivity index (χ0v) is 21.3. The van der Waals surface area contributed by atoms with Gasteiger partial charge in [-0.3, -0.25) is 9.62 Å². The number of ether oxygens (including phenoxy) is 2. The Balaban J connectivity index is 1.96. The maximum atomic E-state index is 13.4. The molecule has 0 saturated carbocycles. The molecule has 10 nitrogen and oxygen atoms in total. The fourth-order valence-electron chi connectivity index (χ4n) is 3.13. The standard InChI is InChI=1S/C21H23F4N3O7S2/c1-20(2,21(23,24)25)35-19(29)27-14-6-9-18-17(10-14)28(12-15(34-18)11-26-36(3,30)31)37(32,33)16-7-4-13(22)5-8-16/h4-10,15,26H,11-12H2,1-3H3,(H,27,29). The summed E-state index contributed by atoms with van der Waals surface area (Å²) in [7, 11) is -7.99. The van der Waals surface area contributed by atoms with E-state index in [1.54, 1.807) is 0 Å². The second kappa shape index (κ2) is 9.98. The Morgan fingerprint density at radius 2 is 1.73 bits per heavy atom. The van der Waals surface area contributed by atoms with Crippen LogP contribution in [0.25, 0.3) is 0 Å². The lowest BCUT2D eigenvalue weighted by atomic mass is 10.1. The second-order valence-electron chi connectivity index (χ2n) is 8.56. The van der Waals surface area contributed by atoms with Crippen LogP contribution in [-0.4, -0.2) is 60.2 Å². The third kappa shape index (κ3) is 6.81. The van der Waals surface area contributed by atoms with E-state index >= 15 is 0 Å². The van der Waals surface area contributed by atoms with Gasteiger partial charge in [-0.05, 0) is 56.3 Å². The molecule has 1 heterocycles. The van der Waals surface area contributed by atoms with Crippen LogP contribution < -0.4 is 19.1 Å². The van der Waals surface area contributed by atoms with Gasteiger partial charge >= 0.3 is 12.3 Å². The van der Waals surface area contributed by atoms with Crippen molar-refractivity contribution in [2.75, 3.05) is 29.0 Å². The van der Waals surface area contributed by atoms with Gasteiger partial charge in [-0.1, -0.05) is 0 Å². The van der Waals surface area contributed by atoms with E-state index in [1.807, 2.05) is 0 Å². The van der Waals surface area contributed by atoms with Gasteiger partial charge in [0, 0.05) is 12.2 Å². The number of fused-ring (bicyclic) bond motifs is 1. The number of hydrogen-bond donors (Lipinski definition) is 2. The van der Waals surface area contributed by atoms with E-state index in [4.69, 9.17) is 4.74 Å². The van der Waals surface area contributed by atoms with Crippen LogP contribution in [-0.2, 0) is 24.8 Å². The number of sulfonamides is 2. The van der Waals surface area contributed by atoms with E-state index in [2.05, 4.69) is 14.8 Å². The van der Waals surface area contributed by atoms with Crippen molar-refractivity contribution in [2.24, 2.45) is 0 Å². The predicted octanol–water partition coefficient (Wildman–Crippen LogP) is 3.22. The number of nitrogens with zero attached hydrogens (tertiary/aromatic N) is 1. The minimum atomic E-state index is -4.84. The highest BCUT2D eigenvalue weighted by atomic mass is 32.2. The Morgan fingerprint density at radius 3 is 2.30 bits per heavy atom. The lowest BCUT2D eigenvalue weighted by molar-refractivity contribution is -0.242. The van der Waals surface area contributed by atoms with Gasteiger partial charge in [0.05, 0.1) is 23.4 Å². The fraction of sp³-hybridized carbons (Fsp3) is 0.381. The number of benzene rings is 2. The normalized spacial score (nSPS) is 16.5. The number of amides is 1. The highest BCUT2D eigenvalue weighted by Crippen LogP contribution is 2.39. The molecule has 0 bridgehead atoms. The van der Waals surface area contributed by atoms with Gasteiger partial charge in [-0.2, -0.15) is 13.2 Å². The van der Waals surface area contributed by atoms with Gasteiger partial charge < -0.3 is 9.47 Å². The number of carbonyl (C=O) groups is 1. The maximum absolute atomic E-state index is 13.4. The van der Waals surface area contributed by atoms with Gasteiger partial charge in [0.2, 0.25) is 15.6 Å². The van der Waals surface area contributed by atoms with E-state index in [9.17, 15) is 39.2 Å². The van der Waals surface area contributed by atoms with Crippen LogP contribution in [0.1, 0.15) is 13.8 Å². The monoisotopic (exact) mass is 569 g/mol. The van der Waals surface area contributed by atoms with Crippen molar-refractivity contribution in [2.45, 2.75) is 36.6 Å². The zero-order chi connectivity index (χ0) is 27.8. The summed E-state index contributed by atoms with van der Waals surface area (Å²) >= 11 is 0. The molecule has 16 heteroatoms. The third-order valence-corrected chi connectivity index (χ3v) is 7.63. The van der Waals surface area contributed by atoms with Crippen molar-refractivity contribution in [3.8, 4) is 5.75 Å². The van der Waals surface area contributed by atoms with Gasteiger partial charge in [0.15, 0.2) is 0 Å². The first-order valence-corrected chi connectivity index (χ1v) is 13.8. The lowest BCUT2D eigenvalue weighted by Crippen LogP contribution is -2.48. The molecule has 1 amide bonds. The SMILES string of the molecule is CC(C)(OC(=O)Nc1ccc2c(c1)N(S(=O)(=O)c1ccc(F)cc1)CC(CNS(C)(=O)=O)O2)C(F)(F)F. The quantitative estimate of drug-likeness (QED) is 0.490. The van der Waals surface area contributed by atoms with Crippen molar-refractivity contribution in [1.82, 2.24) is 4.72 Å². The first-order chi connectivity index (χ1) is 16.9. The molecule has 0 radical (unpaired) electrons. The molecule has 0 aliphatic carbocycles. The summed E-state index contributed by atoms with van der Waals surface area (Å²) in [5, 5.41) is 2.12. The molecule has 0 aromatic heterocycles. The van der Waals surface area contributed by atoms with Crippen LogP contribution in [0.2, 0.25) is 0 Å². The average Bonchev–Trinajstić information content (AvgIpc) is 2.75. The highest BCUT2D eigenvalue weighted by molar-refractivity contribution is 7.92. The summed E-state index contributed by atoms with van der Waals surface area (Å²) in [5.74, 6) is -0.699. The molecule has 2 N–H and O–H groups in total. The Bertz CT molecular complexity index is 1380. The zero-order valence-electron chi connectivity index (χ0n) is 19.7. The first-order valence-electron chi connectivity index (χ1n) is 10.5. The Kier molecular flexibility index (Phi) is 7.68. The molecule has 0 fully saturated rings. The molecule has 204 valence electrons. The highest BCUT2D eigenvalue weighted by Gasteiger charge is 2.51.